The van der Waals surface area contributed by atoms with Crippen LogP contribution < -0.4 is 0 Å². The second kappa shape index (κ2) is 7.72. The number of esters is 1. The second-order valence-electron chi connectivity index (χ2n) is 5.93. The molecule has 0 unspecified atom stereocenters. The van der Waals surface area contributed by atoms with Crippen LogP contribution in [0, 0.1) is 10.7 Å². The molecule has 0 amide bonds. The standard InChI is InChI=1S/C17H22N4O2S/c1-2-23-16(22)14-7-6-10-19(11-14)13-21-17(24)20(12-18-21)15-8-4-3-5-9-15/h3-5,8-9,12,14H,2,6-7,10-11,13H2,1H3/t14-/m1/s1. The number of ether oxygens (including phenoxy) is 1. The van der Waals surface area contributed by atoms with Crippen LogP contribution >= 0.6 is 12.2 Å². The molecular formula is C17H22N4O2S. The van der Waals surface area contributed by atoms with E-state index in [-0.39, 0.29) is 11.9 Å². The lowest BCUT2D eigenvalue weighted by molar-refractivity contribution is -0.150. The van der Waals surface area contributed by atoms with Crippen LogP contribution in [0.1, 0.15) is 19.8 Å². The molecule has 0 spiro atoms. The Balaban J connectivity index is 1.69. The Morgan fingerprint density at radius 2 is 2.17 bits per heavy atom. The predicted octanol–water partition coefficient (Wildman–Crippen LogP) is 2.64. The Kier molecular flexibility index (Phi) is 5.42. The predicted molar refractivity (Wildman–Crippen MR) is 93.3 cm³/mol. The Morgan fingerprint density at radius 3 is 2.92 bits per heavy atom. The number of rotatable bonds is 5. The van der Waals surface area contributed by atoms with Gasteiger partial charge in [0, 0.05) is 12.2 Å². The van der Waals surface area contributed by atoms with Crippen molar-refractivity contribution < 1.29 is 9.53 Å². The fraction of sp³-hybridized carbons (Fsp3) is 0.471. The molecule has 1 aromatic heterocycles. The van der Waals surface area contributed by atoms with Gasteiger partial charge in [-0.2, -0.15) is 5.10 Å². The zero-order valence-electron chi connectivity index (χ0n) is 13.8. The number of para-hydroxylation sites is 1. The smallest absolute Gasteiger partial charge is 0.310 e. The molecule has 7 heteroatoms. The topological polar surface area (TPSA) is 52.3 Å². The monoisotopic (exact) mass is 346 g/mol. The van der Waals surface area contributed by atoms with E-state index in [0.717, 1.165) is 25.1 Å². The number of hydrogen-bond donors (Lipinski definition) is 0. The highest BCUT2D eigenvalue weighted by Gasteiger charge is 2.27. The number of hydrogen-bond acceptors (Lipinski definition) is 5. The van der Waals surface area contributed by atoms with Crippen molar-refractivity contribution in [1.82, 2.24) is 19.2 Å². The van der Waals surface area contributed by atoms with E-state index < -0.39 is 0 Å². The third-order valence-electron chi connectivity index (χ3n) is 4.23. The summed E-state index contributed by atoms with van der Waals surface area (Å²) in [7, 11) is 0. The van der Waals surface area contributed by atoms with Crippen molar-refractivity contribution in [2.75, 3.05) is 19.7 Å². The fourth-order valence-electron chi connectivity index (χ4n) is 3.03. The lowest BCUT2D eigenvalue weighted by Crippen LogP contribution is -2.40. The minimum atomic E-state index is -0.0967. The molecule has 2 heterocycles. The molecule has 1 saturated heterocycles. The average molecular weight is 346 g/mol. The summed E-state index contributed by atoms with van der Waals surface area (Å²) in [6.07, 6.45) is 3.61. The van der Waals surface area contributed by atoms with Crippen LogP contribution in [-0.2, 0) is 16.2 Å². The number of carbonyl (C=O) groups excluding carboxylic acids is 1. The number of piperidine rings is 1. The minimum absolute atomic E-state index is 0.0518. The largest absolute Gasteiger partial charge is 0.466 e. The first-order valence-corrected chi connectivity index (χ1v) is 8.68. The summed E-state index contributed by atoms with van der Waals surface area (Å²) in [4.78, 5) is 14.2. The van der Waals surface area contributed by atoms with E-state index in [2.05, 4.69) is 10.00 Å². The summed E-state index contributed by atoms with van der Waals surface area (Å²) >= 11 is 5.54. The number of aromatic nitrogens is 3. The van der Waals surface area contributed by atoms with Crippen molar-refractivity contribution >= 4 is 18.2 Å². The molecule has 1 aliphatic rings. The van der Waals surface area contributed by atoms with Crippen LogP contribution in [-0.4, -0.2) is 44.9 Å². The maximum atomic E-state index is 12.0. The van der Waals surface area contributed by atoms with E-state index >= 15 is 0 Å². The van der Waals surface area contributed by atoms with Crippen LogP contribution in [0.2, 0.25) is 0 Å². The van der Waals surface area contributed by atoms with Gasteiger partial charge < -0.3 is 4.74 Å². The molecular weight excluding hydrogens is 324 g/mol. The maximum Gasteiger partial charge on any atom is 0.310 e. The molecule has 1 fully saturated rings. The summed E-state index contributed by atoms with van der Waals surface area (Å²) in [5, 5.41) is 4.41. The number of nitrogens with zero attached hydrogens (tertiary/aromatic N) is 4. The first-order chi connectivity index (χ1) is 11.7. The molecule has 3 rings (SSSR count). The first kappa shape index (κ1) is 16.9. The zero-order valence-corrected chi connectivity index (χ0v) is 14.6. The Bertz CT molecular complexity index is 741. The maximum absolute atomic E-state index is 12.0. The Morgan fingerprint density at radius 1 is 1.38 bits per heavy atom. The quantitative estimate of drug-likeness (QED) is 0.615. The lowest BCUT2D eigenvalue weighted by atomic mass is 9.99. The van der Waals surface area contributed by atoms with Crippen molar-refractivity contribution in [3.63, 3.8) is 0 Å². The van der Waals surface area contributed by atoms with E-state index in [1.54, 1.807) is 11.0 Å². The second-order valence-corrected chi connectivity index (χ2v) is 6.29. The number of carbonyl (C=O) groups is 1. The third-order valence-corrected chi connectivity index (χ3v) is 4.63. The molecule has 128 valence electrons. The first-order valence-electron chi connectivity index (χ1n) is 8.28. The Labute approximate surface area is 146 Å². The van der Waals surface area contributed by atoms with Gasteiger partial charge in [0.05, 0.1) is 19.2 Å². The fourth-order valence-corrected chi connectivity index (χ4v) is 3.28. The molecule has 0 saturated carbocycles. The third kappa shape index (κ3) is 3.73. The summed E-state index contributed by atoms with van der Waals surface area (Å²) in [5.74, 6) is -0.148. The van der Waals surface area contributed by atoms with Crippen LogP contribution in [0.5, 0.6) is 0 Å². The van der Waals surface area contributed by atoms with Crippen LogP contribution in [0.3, 0.4) is 0 Å². The van der Waals surface area contributed by atoms with Gasteiger partial charge in [0.15, 0.2) is 0 Å². The zero-order chi connectivity index (χ0) is 16.9. The van der Waals surface area contributed by atoms with Crippen molar-refractivity contribution in [2.24, 2.45) is 5.92 Å². The number of likely N-dealkylation sites (tertiary alicyclic amines) is 1. The van der Waals surface area contributed by atoms with Crippen molar-refractivity contribution in [3.05, 3.63) is 41.4 Å². The van der Waals surface area contributed by atoms with Crippen molar-refractivity contribution in [1.29, 1.82) is 0 Å². The van der Waals surface area contributed by atoms with E-state index in [9.17, 15) is 4.79 Å². The van der Waals surface area contributed by atoms with Crippen molar-refractivity contribution in [2.45, 2.75) is 26.4 Å². The molecule has 6 nitrogen and oxygen atoms in total. The molecule has 2 aromatic rings. The number of benzene rings is 1. The van der Waals surface area contributed by atoms with Gasteiger partial charge in [0.25, 0.3) is 0 Å². The highest BCUT2D eigenvalue weighted by molar-refractivity contribution is 7.71. The Hall–Kier alpha value is -1.99. The summed E-state index contributed by atoms with van der Waals surface area (Å²) in [5.41, 5.74) is 0.997. The molecule has 0 radical (unpaired) electrons. The molecule has 1 aromatic carbocycles. The van der Waals surface area contributed by atoms with E-state index in [1.165, 1.54) is 0 Å². The van der Waals surface area contributed by atoms with Gasteiger partial charge in [-0.1, -0.05) is 18.2 Å². The van der Waals surface area contributed by atoms with E-state index in [1.807, 2.05) is 41.8 Å². The van der Waals surface area contributed by atoms with Crippen LogP contribution in [0.15, 0.2) is 36.7 Å². The van der Waals surface area contributed by atoms with Gasteiger partial charge in [0.1, 0.15) is 6.33 Å². The van der Waals surface area contributed by atoms with E-state index in [0.29, 0.717) is 24.6 Å². The van der Waals surface area contributed by atoms with E-state index in [4.69, 9.17) is 17.0 Å². The van der Waals surface area contributed by atoms with Gasteiger partial charge in [0.2, 0.25) is 4.77 Å². The van der Waals surface area contributed by atoms with Crippen LogP contribution in [0.25, 0.3) is 5.69 Å². The normalized spacial score (nSPS) is 18.5. The molecule has 0 bridgehead atoms. The molecule has 1 atom stereocenters. The highest BCUT2D eigenvalue weighted by atomic mass is 32.1. The molecule has 1 aliphatic heterocycles. The lowest BCUT2D eigenvalue weighted by Gasteiger charge is -2.31. The molecule has 0 aliphatic carbocycles. The highest BCUT2D eigenvalue weighted by Crippen LogP contribution is 2.18. The summed E-state index contributed by atoms with van der Waals surface area (Å²) in [6.45, 7) is 4.50. The van der Waals surface area contributed by atoms with Gasteiger partial charge in [-0.25, -0.2) is 4.68 Å². The summed E-state index contributed by atoms with van der Waals surface area (Å²) < 4.78 is 9.50. The average Bonchev–Trinajstić information content (AvgIpc) is 2.97. The van der Waals surface area contributed by atoms with Gasteiger partial charge in [-0.05, 0) is 50.7 Å². The molecule has 0 N–H and O–H groups in total. The van der Waals surface area contributed by atoms with Crippen molar-refractivity contribution in [3.8, 4) is 5.69 Å². The van der Waals surface area contributed by atoms with Gasteiger partial charge in [-0.3, -0.25) is 14.3 Å². The van der Waals surface area contributed by atoms with Gasteiger partial charge in [-0.15, -0.1) is 0 Å². The molecule has 24 heavy (non-hydrogen) atoms. The minimum Gasteiger partial charge on any atom is -0.466 e. The summed E-state index contributed by atoms with van der Waals surface area (Å²) in [6, 6.07) is 9.92. The SMILES string of the molecule is CCOC(=O)[C@@H]1CCCN(Cn2ncn(-c3ccccc3)c2=S)C1. The van der Waals surface area contributed by atoms with Crippen LogP contribution in [0.4, 0.5) is 0 Å². The van der Waals surface area contributed by atoms with Gasteiger partial charge >= 0.3 is 5.97 Å².